The van der Waals surface area contributed by atoms with Crippen LogP contribution < -0.4 is 21.4 Å². The third-order valence-corrected chi connectivity index (χ3v) is 5.67. The average molecular weight is 423 g/mol. The number of hydrogen-bond donors (Lipinski definition) is 2. The number of nitrogens with one attached hydrogen (secondary N) is 2. The Morgan fingerprint density at radius 3 is 2.57 bits per heavy atom. The number of aromatic amines is 2. The number of H-pyrrole nitrogens is 2. The lowest BCUT2D eigenvalue weighted by atomic mass is 10.2. The zero-order valence-electron chi connectivity index (χ0n) is 16.6. The summed E-state index contributed by atoms with van der Waals surface area (Å²) in [4.78, 5) is 44.9. The second kappa shape index (κ2) is 8.16. The number of benzene rings is 1. The highest BCUT2D eigenvalue weighted by Gasteiger charge is 2.13. The minimum Gasteiger partial charge on any atom is -0.488 e. The number of ether oxygens (including phenoxy) is 1. The Labute approximate surface area is 175 Å². The van der Waals surface area contributed by atoms with E-state index in [4.69, 9.17) is 4.74 Å². The highest BCUT2D eigenvalue weighted by molar-refractivity contribution is 7.21. The van der Waals surface area contributed by atoms with Gasteiger partial charge in [-0.05, 0) is 17.5 Å². The predicted molar refractivity (Wildman–Crippen MR) is 119 cm³/mol. The maximum atomic E-state index is 13.0. The van der Waals surface area contributed by atoms with Crippen LogP contribution in [0.2, 0.25) is 0 Å². The molecule has 0 spiro atoms. The summed E-state index contributed by atoms with van der Waals surface area (Å²) in [6.07, 6.45) is 1.47. The van der Waals surface area contributed by atoms with Gasteiger partial charge in [0.2, 0.25) is 5.43 Å². The van der Waals surface area contributed by atoms with Crippen molar-refractivity contribution in [3.63, 3.8) is 0 Å². The van der Waals surface area contributed by atoms with Crippen LogP contribution in [0.15, 0.2) is 63.0 Å². The van der Waals surface area contributed by atoms with Crippen LogP contribution in [0.3, 0.4) is 0 Å². The van der Waals surface area contributed by atoms with Gasteiger partial charge in [-0.3, -0.25) is 19.1 Å². The maximum Gasteiger partial charge on any atom is 0.329 e. The second-order valence-electron chi connectivity index (χ2n) is 7.43. The van der Waals surface area contributed by atoms with E-state index in [-0.39, 0.29) is 17.7 Å². The first-order chi connectivity index (χ1) is 14.4. The van der Waals surface area contributed by atoms with Crippen molar-refractivity contribution in [1.29, 1.82) is 0 Å². The number of aromatic nitrogens is 3. The Kier molecular flexibility index (Phi) is 5.41. The number of thiophene rings is 1. The van der Waals surface area contributed by atoms with Crippen LogP contribution >= 0.6 is 11.3 Å². The van der Waals surface area contributed by atoms with Gasteiger partial charge in [-0.2, -0.15) is 0 Å². The molecule has 0 saturated carbocycles. The van der Waals surface area contributed by atoms with Crippen LogP contribution in [-0.4, -0.2) is 21.1 Å². The lowest BCUT2D eigenvalue weighted by Crippen LogP contribution is -2.35. The zero-order valence-corrected chi connectivity index (χ0v) is 17.4. The number of nitrogens with zero attached hydrogens (tertiary/aromatic N) is 1. The van der Waals surface area contributed by atoms with Gasteiger partial charge in [-0.25, -0.2) is 4.79 Å². The molecule has 2 N–H and O–H groups in total. The van der Waals surface area contributed by atoms with Crippen LogP contribution in [0.5, 0.6) is 5.75 Å². The summed E-state index contributed by atoms with van der Waals surface area (Å²) in [6, 6.07) is 12.8. The maximum absolute atomic E-state index is 13.0. The fourth-order valence-electron chi connectivity index (χ4n) is 3.06. The van der Waals surface area contributed by atoms with E-state index in [0.717, 1.165) is 15.0 Å². The van der Waals surface area contributed by atoms with E-state index in [1.165, 1.54) is 23.6 Å². The minimum absolute atomic E-state index is 0.0413. The van der Waals surface area contributed by atoms with Crippen molar-refractivity contribution in [3.05, 3.63) is 85.4 Å². The van der Waals surface area contributed by atoms with Gasteiger partial charge in [-0.15, -0.1) is 11.3 Å². The van der Waals surface area contributed by atoms with Crippen molar-refractivity contribution < 1.29 is 4.74 Å². The quantitative estimate of drug-likeness (QED) is 0.498. The van der Waals surface area contributed by atoms with E-state index in [2.05, 4.69) is 9.97 Å². The number of fused-ring (bicyclic) bond motifs is 1. The van der Waals surface area contributed by atoms with Crippen LogP contribution in [0, 0.1) is 5.92 Å². The summed E-state index contributed by atoms with van der Waals surface area (Å²) in [5.41, 5.74) is 0.217. The molecule has 0 atom stereocenters. The third-order valence-electron chi connectivity index (χ3n) is 4.57. The SMILES string of the molecule is CC(C)COc1c[nH]c(Cn2c(=O)[nH]c3sc(-c4ccccc4)cc3c2=O)cc1=O. The van der Waals surface area contributed by atoms with Crippen LogP contribution in [0.4, 0.5) is 0 Å². The molecule has 8 heteroatoms. The van der Waals surface area contributed by atoms with Crippen molar-refractivity contribution in [2.45, 2.75) is 20.4 Å². The summed E-state index contributed by atoms with van der Waals surface area (Å²) in [7, 11) is 0. The van der Waals surface area contributed by atoms with E-state index in [1.807, 2.05) is 44.2 Å². The van der Waals surface area contributed by atoms with Gasteiger partial charge in [-0.1, -0.05) is 44.2 Å². The molecule has 4 rings (SSSR count). The molecule has 0 radical (unpaired) electrons. The molecule has 0 fully saturated rings. The first kappa shape index (κ1) is 19.9. The van der Waals surface area contributed by atoms with E-state index in [0.29, 0.717) is 28.4 Å². The van der Waals surface area contributed by atoms with Gasteiger partial charge in [0.25, 0.3) is 5.56 Å². The standard InChI is InChI=1S/C22H21N3O4S/c1-13(2)12-29-18-10-23-15(8-17(18)26)11-25-21(27)16-9-19(14-6-4-3-5-7-14)30-20(16)24-22(25)28/h3-10,13H,11-12H2,1-2H3,(H,23,26)(H,24,28). The summed E-state index contributed by atoms with van der Waals surface area (Å²) < 4.78 is 6.56. The molecule has 3 aromatic heterocycles. The summed E-state index contributed by atoms with van der Waals surface area (Å²) in [6.45, 7) is 4.37. The Morgan fingerprint density at radius 1 is 1.10 bits per heavy atom. The summed E-state index contributed by atoms with van der Waals surface area (Å²) >= 11 is 1.36. The van der Waals surface area contributed by atoms with Gasteiger partial charge in [0.1, 0.15) is 4.83 Å². The van der Waals surface area contributed by atoms with E-state index >= 15 is 0 Å². The van der Waals surface area contributed by atoms with Crippen molar-refractivity contribution in [2.24, 2.45) is 5.92 Å². The van der Waals surface area contributed by atoms with Crippen molar-refractivity contribution >= 4 is 21.6 Å². The Morgan fingerprint density at radius 2 is 1.87 bits per heavy atom. The van der Waals surface area contributed by atoms with Crippen LogP contribution in [0.1, 0.15) is 19.5 Å². The summed E-state index contributed by atoms with van der Waals surface area (Å²) in [5.74, 6) is 0.508. The fourth-order valence-corrected chi connectivity index (χ4v) is 4.11. The molecule has 0 unspecified atom stereocenters. The van der Waals surface area contributed by atoms with Gasteiger partial charge in [0, 0.05) is 22.8 Å². The molecule has 0 aliphatic rings. The lowest BCUT2D eigenvalue weighted by molar-refractivity contribution is 0.267. The Hall–Kier alpha value is -3.39. The molecule has 3 heterocycles. The normalized spacial score (nSPS) is 11.3. The van der Waals surface area contributed by atoms with Crippen molar-refractivity contribution in [1.82, 2.24) is 14.5 Å². The molecule has 7 nitrogen and oxygen atoms in total. The molecule has 1 aromatic carbocycles. The first-order valence-corrected chi connectivity index (χ1v) is 10.4. The highest BCUT2D eigenvalue weighted by Crippen LogP contribution is 2.30. The molecule has 154 valence electrons. The van der Waals surface area contributed by atoms with Gasteiger partial charge < -0.3 is 9.72 Å². The number of hydrogen-bond acceptors (Lipinski definition) is 5. The van der Waals surface area contributed by atoms with E-state index in [1.54, 1.807) is 6.07 Å². The Balaban J connectivity index is 1.68. The first-order valence-electron chi connectivity index (χ1n) is 9.59. The predicted octanol–water partition coefficient (Wildman–Crippen LogP) is 3.19. The number of pyridine rings is 1. The molecular weight excluding hydrogens is 402 g/mol. The molecule has 0 aliphatic heterocycles. The third kappa shape index (κ3) is 3.99. The molecule has 30 heavy (non-hydrogen) atoms. The summed E-state index contributed by atoms with van der Waals surface area (Å²) in [5, 5.41) is 0.442. The lowest BCUT2D eigenvalue weighted by Gasteiger charge is -2.09. The van der Waals surface area contributed by atoms with Crippen molar-refractivity contribution in [2.75, 3.05) is 6.61 Å². The minimum atomic E-state index is -0.519. The monoisotopic (exact) mass is 423 g/mol. The average Bonchev–Trinajstić information content (AvgIpc) is 3.15. The molecular formula is C22H21N3O4S. The van der Waals surface area contributed by atoms with E-state index in [9.17, 15) is 14.4 Å². The van der Waals surface area contributed by atoms with Crippen molar-refractivity contribution in [3.8, 4) is 16.2 Å². The van der Waals surface area contributed by atoms with Crippen LogP contribution in [-0.2, 0) is 6.54 Å². The zero-order chi connectivity index (χ0) is 21.3. The molecule has 4 aromatic rings. The van der Waals surface area contributed by atoms with E-state index < -0.39 is 11.2 Å². The second-order valence-corrected chi connectivity index (χ2v) is 8.48. The fraction of sp³-hybridized carbons (Fsp3) is 0.227. The Bertz CT molecular complexity index is 1360. The highest BCUT2D eigenvalue weighted by atomic mass is 32.1. The smallest absolute Gasteiger partial charge is 0.329 e. The topological polar surface area (TPSA) is 96.9 Å². The molecule has 0 aliphatic carbocycles. The van der Waals surface area contributed by atoms with Crippen LogP contribution in [0.25, 0.3) is 20.7 Å². The largest absolute Gasteiger partial charge is 0.488 e. The van der Waals surface area contributed by atoms with Gasteiger partial charge in [0.15, 0.2) is 5.75 Å². The number of rotatable bonds is 6. The molecule has 0 saturated heterocycles. The van der Waals surface area contributed by atoms with Gasteiger partial charge in [0.05, 0.1) is 18.5 Å². The van der Waals surface area contributed by atoms with Gasteiger partial charge >= 0.3 is 5.69 Å². The molecule has 0 bridgehead atoms. The molecule has 0 amide bonds.